The smallest absolute Gasteiger partial charge is 0.341 e. The van der Waals surface area contributed by atoms with Crippen molar-refractivity contribution in [1.29, 1.82) is 0 Å². The summed E-state index contributed by atoms with van der Waals surface area (Å²) >= 11 is 48.6. The molecule has 3 rings (SSSR count). The summed E-state index contributed by atoms with van der Waals surface area (Å²) in [6.07, 6.45) is 0. The van der Waals surface area contributed by atoms with E-state index in [9.17, 15) is 9.59 Å². The van der Waals surface area contributed by atoms with Gasteiger partial charge >= 0.3 is 11.9 Å². The fourth-order valence-electron chi connectivity index (χ4n) is 2.96. The number of halogens is 14. The molecule has 0 saturated carbocycles. The second kappa shape index (κ2) is 15.9. The summed E-state index contributed by atoms with van der Waals surface area (Å²) in [6, 6.07) is 3.57. The van der Waals surface area contributed by atoms with Crippen LogP contribution in [0.1, 0.15) is 41.9 Å². The van der Waals surface area contributed by atoms with Crippen molar-refractivity contribution in [3.8, 4) is 0 Å². The molecule has 0 aliphatic rings. The second-order valence-electron chi connectivity index (χ2n) is 7.23. The van der Waals surface area contributed by atoms with Gasteiger partial charge in [0.2, 0.25) is 0 Å². The van der Waals surface area contributed by atoms with E-state index in [2.05, 4.69) is 223 Å². The highest BCUT2D eigenvalue weighted by molar-refractivity contribution is 9.16. The van der Waals surface area contributed by atoms with Gasteiger partial charge in [-0.2, -0.15) is 0 Å². The third kappa shape index (κ3) is 8.06. The zero-order valence-electron chi connectivity index (χ0n) is 18.2. The van der Waals surface area contributed by atoms with E-state index in [-0.39, 0.29) is 20.1 Å². The fraction of sp³-hybridized carbons (Fsp3) is 0.0909. The van der Waals surface area contributed by atoms with Gasteiger partial charge in [0.1, 0.15) is 0 Å². The van der Waals surface area contributed by atoms with E-state index in [1.54, 1.807) is 12.1 Å². The number of ether oxygens (including phenoxy) is 2. The second-order valence-corrected chi connectivity index (χ2v) is 18.5. The maximum atomic E-state index is 13.6. The third-order valence-corrected chi connectivity index (χ3v) is 20.4. The van der Waals surface area contributed by atoms with E-state index in [0.29, 0.717) is 29.0 Å². The predicted octanol–water partition coefficient (Wildman–Crippen LogP) is 15.3. The van der Waals surface area contributed by atoms with Gasteiger partial charge in [0.25, 0.3) is 0 Å². The topological polar surface area (TPSA) is 52.6 Å². The lowest BCUT2D eigenvalue weighted by atomic mass is 10.1. The van der Waals surface area contributed by atoms with Crippen LogP contribution < -0.4 is 0 Å². The molecule has 0 aromatic heterocycles. The Bertz CT molecular complexity index is 1440. The quantitative estimate of drug-likeness (QED) is 0.107. The van der Waals surface area contributed by atoms with E-state index in [0.717, 1.165) is 26.8 Å². The van der Waals surface area contributed by atoms with Crippen LogP contribution in [0.15, 0.2) is 65.8 Å². The van der Waals surface area contributed by atoms with Crippen molar-refractivity contribution in [1.82, 2.24) is 0 Å². The Morgan fingerprint density at radius 3 is 1.02 bits per heavy atom. The van der Waals surface area contributed by atoms with Crippen LogP contribution in [0.4, 0.5) is 0 Å². The average Bonchev–Trinajstić information content (AvgIpc) is 2.90. The lowest BCUT2D eigenvalue weighted by Crippen LogP contribution is -2.18. The van der Waals surface area contributed by atoms with Crippen LogP contribution in [0, 0.1) is 0 Å². The van der Waals surface area contributed by atoms with Crippen molar-refractivity contribution in [2.45, 2.75) is 10.0 Å². The van der Waals surface area contributed by atoms with Crippen LogP contribution in [0.25, 0.3) is 0 Å². The van der Waals surface area contributed by atoms with Gasteiger partial charge < -0.3 is 9.47 Å². The maximum absolute atomic E-state index is 13.6. The molecule has 3 aromatic rings. The summed E-state index contributed by atoms with van der Waals surface area (Å²) in [7, 11) is 0. The summed E-state index contributed by atoms with van der Waals surface area (Å²) in [5, 5.41) is -1.77. The van der Waals surface area contributed by atoms with Crippen LogP contribution in [0.2, 0.25) is 0 Å². The molecule has 0 spiro atoms. The molecule has 3 aromatic carbocycles. The molecule has 18 heteroatoms. The Morgan fingerprint density at radius 1 is 0.450 bits per heavy atom. The average molecular weight is 1450 g/mol. The predicted molar refractivity (Wildman–Crippen MR) is 206 cm³/mol. The Balaban J connectivity index is 2.05. The van der Waals surface area contributed by atoms with Crippen LogP contribution in [-0.2, 0) is 9.47 Å². The molecule has 0 amide bonds. The van der Waals surface area contributed by atoms with Gasteiger partial charge in [0.15, 0.2) is 10.0 Å². The molecule has 4 nitrogen and oxygen atoms in total. The molecule has 40 heavy (non-hydrogen) atoms. The van der Waals surface area contributed by atoms with Crippen LogP contribution in [0.3, 0.4) is 0 Å². The first kappa shape index (κ1) is 37.8. The van der Waals surface area contributed by atoms with E-state index >= 15 is 0 Å². The highest BCUT2D eigenvalue weighted by atomic mass is 79.9. The number of carbonyl (C=O) groups is 2. The van der Waals surface area contributed by atoms with Gasteiger partial charge in [-0.05, 0) is 235 Å². The molecule has 0 bridgehead atoms. The van der Waals surface area contributed by atoms with Crippen molar-refractivity contribution >= 4 is 235 Å². The number of esters is 2. The van der Waals surface area contributed by atoms with Gasteiger partial charge in [-0.1, -0.05) is 0 Å². The summed E-state index contributed by atoms with van der Waals surface area (Å²) in [6.45, 7) is 0. The largest absolute Gasteiger partial charge is 0.442 e. The van der Waals surface area contributed by atoms with Gasteiger partial charge in [-0.3, -0.25) is 0 Å². The lowest BCUT2D eigenvalue weighted by Gasteiger charge is -2.21. The monoisotopic (exact) mass is 1440 g/mol. The minimum Gasteiger partial charge on any atom is -0.442 e. The minimum atomic E-state index is -0.885. The van der Waals surface area contributed by atoms with Gasteiger partial charge in [-0.25, -0.2) is 9.59 Å². The highest BCUT2D eigenvalue weighted by Gasteiger charge is 2.33. The number of hydrogen-bond donors (Lipinski definition) is 0. The van der Waals surface area contributed by atoms with Gasteiger partial charge in [0.05, 0.1) is 11.1 Å². The molecule has 214 valence electrons. The summed E-state index contributed by atoms with van der Waals surface area (Å²) in [5.41, 5.74) is 1.12. The zero-order valence-corrected chi connectivity index (χ0v) is 40.4. The Morgan fingerprint density at radius 2 is 0.725 bits per heavy atom. The van der Waals surface area contributed by atoms with Gasteiger partial charge in [0, 0.05) is 64.8 Å². The van der Waals surface area contributed by atoms with Crippen molar-refractivity contribution < 1.29 is 19.1 Å². The van der Waals surface area contributed by atoms with Crippen molar-refractivity contribution in [2.24, 2.45) is 0 Å². The maximum Gasteiger partial charge on any atom is 0.341 e. The first-order chi connectivity index (χ1) is 18.5. The summed E-state index contributed by atoms with van der Waals surface area (Å²) in [5.74, 6) is -1.59. The number of rotatable bonds is 6. The van der Waals surface area contributed by atoms with Crippen molar-refractivity contribution in [3.05, 3.63) is 88.1 Å². The molecule has 0 fully saturated rings. The Labute approximate surface area is 346 Å². The first-order valence-electron chi connectivity index (χ1n) is 9.72. The standard InChI is InChI=1S/C22H4Br14O4/c23-5-1-3(9(25)15(31)11(5)27)19(35)39-21(37)7-8(14(30)18(34)17(33)13(7)29)22(38)40-20(36)4-2-6(24)12(28)16(32)10(4)26/h1-2,19-20H. The van der Waals surface area contributed by atoms with E-state index in [4.69, 9.17) is 9.47 Å². The molecule has 0 aliphatic heterocycles. The molecular formula is C22H4Br14O4. The lowest BCUT2D eigenvalue weighted by molar-refractivity contribution is 0.0416. The molecule has 0 N–H and O–H groups in total. The molecule has 0 saturated heterocycles. The normalized spacial score (nSPS) is 12.8. The number of benzene rings is 3. The molecule has 2 unspecified atom stereocenters. The number of carbonyl (C=O) groups excluding carboxylic acids is 2. The number of hydrogen-bond acceptors (Lipinski definition) is 4. The van der Waals surface area contributed by atoms with Crippen LogP contribution in [-0.4, -0.2) is 11.9 Å². The first-order valence-corrected chi connectivity index (χ1v) is 21.1. The summed E-state index contributed by atoms with van der Waals surface area (Å²) in [4.78, 5) is 27.3. The SMILES string of the molecule is O=C(OC(Br)c1cc(Br)c(Br)c(Br)c1Br)c1c(Br)c(Br)c(Br)c(Br)c1C(=O)OC(Br)c1cc(Br)c(Br)c(Br)c1Br. The molecule has 0 aliphatic carbocycles. The number of alkyl halides is 2. The third-order valence-electron chi connectivity index (χ3n) is 4.85. The van der Waals surface area contributed by atoms with Crippen molar-refractivity contribution in [3.63, 3.8) is 0 Å². The zero-order chi connectivity index (χ0) is 30.4. The van der Waals surface area contributed by atoms with E-state index in [1.165, 1.54) is 0 Å². The Kier molecular flexibility index (Phi) is 15.1. The van der Waals surface area contributed by atoms with Gasteiger partial charge in [-0.15, -0.1) is 0 Å². The summed E-state index contributed by atoms with van der Waals surface area (Å²) < 4.78 is 18.9. The molecule has 0 radical (unpaired) electrons. The van der Waals surface area contributed by atoms with Crippen molar-refractivity contribution in [2.75, 3.05) is 0 Å². The fourth-order valence-corrected chi connectivity index (χ4v) is 11.6. The van der Waals surface area contributed by atoms with Crippen LogP contribution in [0.5, 0.6) is 0 Å². The Hall–Kier alpha value is 3.32. The van der Waals surface area contributed by atoms with E-state index in [1.807, 2.05) is 0 Å². The highest BCUT2D eigenvalue weighted by Crippen LogP contribution is 2.47. The molecular weight excluding hydrogens is 1450 g/mol. The minimum absolute atomic E-state index is 0.0558. The molecule has 0 heterocycles. The molecule has 2 atom stereocenters. The van der Waals surface area contributed by atoms with E-state index < -0.39 is 22.0 Å². The van der Waals surface area contributed by atoms with Crippen LogP contribution >= 0.6 is 223 Å².